The Bertz CT molecular complexity index is 718. The Hall–Kier alpha value is -2.47. The first-order chi connectivity index (χ1) is 12.0. The minimum absolute atomic E-state index is 0.141. The third kappa shape index (κ3) is 4.33. The van der Waals surface area contributed by atoms with Crippen LogP contribution >= 0.6 is 0 Å². The van der Waals surface area contributed by atoms with Crippen molar-refractivity contribution in [3.05, 3.63) is 65.7 Å². The molecule has 0 bridgehead atoms. The van der Waals surface area contributed by atoms with Gasteiger partial charge in [0.1, 0.15) is 17.4 Å². The summed E-state index contributed by atoms with van der Waals surface area (Å²) >= 11 is 0. The molecule has 0 aliphatic carbocycles. The molecule has 0 spiro atoms. The summed E-state index contributed by atoms with van der Waals surface area (Å²) in [6.45, 7) is 0.407. The highest BCUT2D eigenvalue weighted by Gasteiger charge is 2.34. The molecular formula is C19H19F2NO3. The molecule has 1 aliphatic heterocycles. The van der Waals surface area contributed by atoms with E-state index in [0.29, 0.717) is 12.2 Å². The van der Waals surface area contributed by atoms with E-state index >= 15 is 0 Å². The molecule has 0 radical (unpaired) electrons. The smallest absolute Gasteiger partial charge is 0.226 e. The molecule has 6 heteroatoms. The van der Waals surface area contributed by atoms with Gasteiger partial charge in [-0.2, -0.15) is 0 Å². The molecule has 1 N–H and O–H groups in total. The van der Waals surface area contributed by atoms with Crippen LogP contribution in [0.1, 0.15) is 24.4 Å². The minimum atomic E-state index is -0.600. The van der Waals surface area contributed by atoms with E-state index in [9.17, 15) is 18.7 Å². The summed E-state index contributed by atoms with van der Waals surface area (Å²) in [5.74, 6) is -0.344. The van der Waals surface area contributed by atoms with Gasteiger partial charge in [-0.25, -0.2) is 8.78 Å². The molecule has 1 fully saturated rings. The maximum atomic E-state index is 13.1. The summed E-state index contributed by atoms with van der Waals surface area (Å²) in [6, 6.07) is 11.3. The number of nitrogens with zero attached hydrogens (tertiary/aromatic N) is 1. The Morgan fingerprint density at radius 2 is 1.68 bits per heavy atom. The lowest BCUT2D eigenvalue weighted by Gasteiger charge is -2.25. The van der Waals surface area contributed by atoms with E-state index in [4.69, 9.17) is 4.74 Å². The van der Waals surface area contributed by atoms with Crippen molar-refractivity contribution in [1.29, 1.82) is 0 Å². The predicted octanol–water partition coefficient (Wildman–Crippen LogP) is 3.07. The maximum absolute atomic E-state index is 13.1. The fourth-order valence-corrected chi connectivity index (χ4v) is 3.02. The summed E-state index contributed by atoms with van der Waals surface area (Å²) in [7, 11) is 0. The molecular weight excluding hydrogens is 328 g/mol. The first-order valence-electron chi connectivity index (χ1n) is 8.14. The number of aliphatic hydroxyl groups excluding tert-OH is 1. The molecule has 1 heterocycles. The number of likely N-dealkylation sites (tertiary alicyclic amines) is 1. The molecule has 0 unspecified atom stereocenters. The number of halogens is 2. The summed E-state index contributed by atoms with van der Waals surface area (Å²) in [5, 5.41) is 9.93. The van der Waals surface area contributed by atoms with Crippen LogP contribution in [0.4, 0.5) is 8.78 Å². The normalized spacial score (nSPS) is 19.9. The van der Waals surface area contributed by atoms with Gasteiger partial charge in [0.25, 0.3) is 0 Å². The Morgan fingerprint density at radius 3 is 2.32 bits per heavy atom. The van der Waals surface area contributed by atoms with Gasteiger partial charge in [-0.05, 0) is 48.4 Å². The van der Waals surface area contributed by atoms with E-state index in [-0.39, 0.29) is 43.2 Å². The Balaban J connectivity index is 1.59. The van der Waals surface area contributed by atoms with Crippen molar-refractivity contribution in [2.45, 2.75) is 25.0 Å². The largest absolute Gasteiger partial charge is 0.493 e. The highest BCUT2D eigenvalue weighted by molar-refractivity contribution is 5.77. The number of aliphatic hydroxyl groups is 1. The molecule has 2 aromatic rings. The number of ether oxygens (including phenoxy) is 1. The fraction of sp³-hybridized carbons (Fsp3) is 0.316. The lowest BCUT2D eigenvalue weighted by atomic mass is 10.0. The molecule has 132 valence electrons. The van der Waals surface area contributed by atoms with Gasteiger partial charge in [0.05, 0.1) is 25.2 Å². The van der Waals surface area contributed by atoms with Crippen molar-refractivity contribution in [3.63, 3.8) is 0 Å². The number of amides is 1. The third-order valence-corrected chi connectivity index (χ3v) is 4.25. The van der Waals surface area contributed by atoms with Crippen LogP contribution in [-0.2, 0) is 4.79 Å². The van der Waals surface area contributed by atoms with Gasteiger partial charge in [0, 0.05) is 6.54 Å². The SMILES string of the molecule is O=C(CCOc1ccc(F)cc1)N1C[C@@H](O)C[C@@H]1c1ccc(F)cc1. The Labute approximate surface area is 144 Å². The van der Waals surface area contributed by atoms with E-state index in [1.54, 1.807) is 17.0 Å². The second-order valence-electron chi connectivity index (χ2n) is 6.06. The van der Waals surface area contributed by atoms with Crippen molar-refractivity contribution in [3.8, 4) is 5.75 Å². The summed E-state index contributed by atoms with van der Waals surface area (Å²) < 4.78 is 31.4. The van der Waals surface area contributed by atoms with E-state index in [1.165, 1.54) is 36.4 Å². The van der Waals surface area contributed by atoms with Gasteiger partial charge in [-0.15, -0.1) is 0 Å². The first-order valence-corrected chi connectivity index (χ1v) is 8.14. The van der Waals surface area contributed by atoms with Crippen LogP contribution in [0.3, 0.4) is 0 Å². The summed E-state index contributed by atoms with van der Waals surface area (Å²) in [4.78, 5) is 14.1. The lowest BCUT2D eigenvalue weighted by molar-refractivity contribution is -0.133. The highest BCUT2D eigenvalue weighted by Crippen LogP contribution is 2.32. The first kappa shape index (κ1) is 17.4. The molecule has 0 aromatic heterocycles. The maximum Gasteiger partial charge on any atom is 0.226 e. The van der Waals surface area contributed by atoms with Gasteiger partial charge in [0.15, 0.2) is 0 Å². The monoisotopic (exact) mass is 347 g/mol. The van der Waals surface area contributed by atoms with E-state index in [1.807, 2.05) is 0 Å². The molecule has 0 saturated carbocycles. The zero-order valence-electron chi connectivity index (χ0n) is 13.6. The van der Waals surface area contributed by atoms with Crippen molar-refractivity contribution >= 4 is 5.91 Å². The van der Waals surface area contributed by atoms with Crippen LogP contribution in [0, 0.1) is 11.6 Å². The van der Waals surface area contributed by atoms with E-state index in [0.717, 1.165) is 5.56 Å². The zero-order valence-corrected chi connectivity index (χ0v) is 13.6. The number of carbonyl (C=O) groups is 1. The van der Waals surface area contributed by atoms with Crippen LogP contribution in [0.2, 0.25) is 0 Å². The molecule has 1 saturated heterocycles. The second-order valence-corrected chi connectivity index (χ2v) is 6.06. The van der Waals surface area contributed by atoms with Crippen molar-refractivity contribution in [1.82, 2.24) is 4.90 Å². The average Bonchev–Trinajstić information content (AvgIpc) is 2.99. The van der Waals surface area contributed by atoms with Crippen molar-refractivity contribution in [2.24, 2.45) is 0 Å². The Morgan fingerprint density at radius 1 is 1.08 bits per heavy atom. The second kappa shape index (κ2) is 7.61. The molecule has 1 aliphatic rings. The van der Waals surface area contributed by atoms with Crippen molar-refractivity contribution < 1.29 is 23.4 Å². The molecule has 2 aromatic carbocycles. The number of benzene rings is 2. The van der Waals surface area contributed by atoms with Gasteiger partial charge < -0.3 is 14.7 Å². The van der Waals surface area contributed by atoms with Gasteiger partial charge in [0.2, 0.25) is 5.91 Å². The Kier molecular flexibility index (Phi) is 5.28. The third-order valence-electron chi connectivity index (χ3n) is 4.25. The van der Waals surface area contributed by atoms with Crippen LogP contribution < -0.4 is 4.74 Å². The number of hydrogen-bond acceptors (Lipinski definition) is 3. The van der Waals surface area contributed by atoms with Crippen molar-refractivity contribution in [2.75, 3.05) is 13.2 Å². The van der Waals surface area contributed by atoms with Gasteiger partial charge in [-0.1, -0.05) is 12.1 Å². The molecule has 4 nitrogen and oxygen atoms in total. The molecule has 3 rings (SSSR count). The molecule has 2 atom stereocenters. The predicted molar refractivity (Wildman–Crippen MR) is 88.0 cm³/mol. The topological polar surface area (TPSA) is 49.8 Å². The number of carbonyl (C=O) groups excluding carboxylic acids is 1. The summed E-state index contributed by atoms with van der Waals surface area (Å²) in [6.07, 6.45) is -0.0325. The molecule has 1 amide bonds. The van der Waals surface area contributed by atoms with Crippen LogP contribution in [0.25, 0.3) is 0 Å². The van der Waals surface area contributed by atoms with Gasteiger partial charge >= 0.3 is 0 Å². The zero-order chi connectivity index (χ0) is 17.8. The fourth-order valence-electron chi connectivity index (χ4n) is 3.02. The van der Waals surface area contributed by atoms with E-state index in [2.05, 4.69) is 0 Å². The number of rotatable bonds is 5. The van der Waals surface area contributed by atoms with Gasteiger partial charge in [-0.3, -0.25) is 4.79 Å². The average molecular weight is 347 g/mol. The number of hydrogen-bond donors (Lipinski definition) is 1. The lowest BCUT2D eigenvalue weighted by Crippen LogP contribution is -2.32. The van der Waals surface area contributed by atoms with E-state index < -0.39 is 6.10 Å². The van der Waals surface area contributed by atoms with Crippen LogP contribution in [-0.4, -0.2) is 35.2 Å². The highest BCUT2D eigenvalue weighted by atomic mass is 19.1. The number of β-amino-alcohol motifs (C(OH)–C–C–N with tert-alkyl or cyclic N) is 1. The molecule has 25 heavy (non-hydrogen) atoms. The minimum Gasteiger partial charge on any atom is -0.493 e. The van der Waals surface area contributed by atoms with Crippen LogP contribution in [0.5, 0.6) is 5.75 Å². The summed E-state index contributed by atoms with van der Waals surface area (Å²) in [5.41, 5.74) is 0.797. The quantitative estimate of drug-likeness (QED) is 0.904. The van der Waals surface area contributed by atoms with Crippen LogP contribution in [0.15, 0.2) is 48.5 Å². The standard InChI is InChI=1S/C19H19F2NO3/c20-14-3-1-13(2-4-14)18-11-16(23)12-22(18)19(24)9-10-25-17-7-5-15(21)6-8-17/h1-8,16,18,23H,9-12H2/t16-,18+/m0/s1.